The zero-order valence-corrected chi connectivity index (χ0v) is 12.2. The standard InChI is InChI=1S/C15H23N5/c1-19-6-3-7-20(9-8-19)15-12(14(16)17)10-11-4-2-5-13(11)18-15/h10H,2-9H2,1H3,(H3,16,17). The van der Waals surface area contributed by atoms with Crippen molar-refractivity contribution in [3.05, 3.63) is 22.9 Å². The molecule has 1 aliphatic heterocycles. The van der Waals surface area contributed by atoms with E-state index in [-0.39, 0.29) is 5.84 Å². The largest absolute Gasteiger partial charge is 0.384 e. The summed E-state index contributed by atoms with van der Waals surface area (Å²) in [7, 11) is 2.16. The molecule has 1 aromatic heterocycles. The van der Waals surface area contributed by atoms with Gasteiger partial charge in [-0.25, -0.2) is 4.98 Å². The van der Waals surface area contributed by atoms with Gasteiger partial charge in [0.25, 0.3) is 0 Å². The van der Waals surface area contributed by atoms with Crippen LogP contribution in [0.4, 0.5) is 5.82 Å². The quantitative estimate of drug-likeness (QED) is 0.623. The number of aryl methyl sites for hydroxylation is 2. The number of hydrogen-bond acceptors (Lipinski definition) is 4. The van der Waals surface area contributed by atoms with Crippen molar-refractivity contribution in [2.75, 3.05) is 38.1 Å². The highest BCUT2D eigenvalue weighted by Crippen LogP contribution is 2.27. The number of aromatic nitrogens is 1. The second-order valence-corrected chi connectivity index (χ2v) is 5.88. The molecule has 0 bridgehead atoms. The van der Waals surface area contributed by atoms with Gasteiger partial charge in [0.2, 0.25) is 0 Å². The number of amidine groups is 1. The third-order valence-electron chi connectivity index (χ3n) is 4.34. The second-order valence-electron chi connectivity index (χ2n) is 5.88. The zero-order chi connectivity index (χ0) is 14.1. The Balaban J connectivity index is 1.96. The van der Waals surface area contributed by atoms with Crippen LogP contribution in [-0.4, -0.2) is 48.9 Å². The van der Waals surface area contributed by atoms with Crippen molar-refractivity contribution in [2.24, 2.45) is 5.73 Å². The molecule has 5 nitrogen and oxygen atoms in total. The molecule has 0 unspecified atom stereocenters. The fourth-order valence-corrected chi connectivity index (χ4v) is 3.16. The summed E-state index contributed by atoms with van der Waals surface area (Å²) in [5.41, 5.74) is 9.10. The van der Waals surface area contributed by atoms with Crippen LogP contribution in [0.25, 0.3) is 0 Å². The van der Waals surface area contributed by atoms with Gasteiger partial charge in [-0.2, -0.15) is 0 Å². The van der Waals surface area contributed by atoms with Gasteiger partial charge in [-0.1, -0.05) is 0 Å². The molecule has 3 N–H and O–H groups in total. The van der Waals surface area contributed by atoms with Crippen LogP contribution in [-0.2, 0) is 12.8 Å². The van der Waals surface area contributed by atoms with Crippen molar-refractivity contribution in [1.82, 2.24) is 9.88 Å². The van der Waals surface area contributed by atoms with Gasteiger partial charge >= 0.3 is 0 Å². The summed E-state index contributed by atoms with van der Waals surface area (Å²) < 4.78 is 0. The van der Waals surface area contributed by atoms with E-state index in [2.05, 4.69) is 22.9 Å². The van der Waals surface area contributed by atoms with Gasteiger partial charge in [0.05, 0.1) is 5.56 Å². The topological polar surface area (TPSA) is 69.2 Å². The predicted molar refractivity (Wildman–Crippen MR) is 81.6 cm³/mol. The van der Waals surface area contributed by atoms with Crippen molar-refractivity contribution in [2.45, 2.75) is 25.7 Å². The van der Waals surface area contributed by atoms with Gasteiger partial charge in [0.15, 0.2) is 0 Å². The molecule has 20 heavy (non-hydrogen) atoms. The lowest BCUT2D eigenvalue weighted by Crippen LogP contribution is -2.32. The first-order chi connectivity index (χ1) is 9.65. The molecule has 0 amide bonds. The number of rotatable bonds is 2. The fraction of sp³-hybridized carbons (Fsp3) is 0.600. The molecule has 0 radical (unpaired) electrons. The van der Waals surface area contributed by atoms with Gasteiger partial charge in [-0.3, -0.25) is 5.41 Å². The minimum absolute atomic E-state index is 0.139. The van der Waals surface area contributed by atoms with Crippen molar-refractivity contribution in [1.29, 1.82) is 5.41 Å². The van der Waals surface area contributed by atoms with Gasteiger partial charge in [-0.05, 0) is 50.9 Å². The second kappa shape index (κ2) is 5.40. The molecule has 0 atom stereocenters. The normalized spacial score (nSPS) is 19.8. The number of anilines is 1. The molecule has 0 spiro atoms. The SMILES string of the molecule is CN1CCCN(c2nc3c(cc2C(=N)N)CCC3)CC1. The van der Waals surface area contributed by atoms with Crippen LogP contribution in [0.15, 0.2) is 6.07 Å². The summed E-state index contributed by atoms with van der Waals surface area (Å²) in [4.78, 5) is 9.50. The lowest BCUT2D eigenvalue weighted by Gasteiger charge is -2.24. The number of nitrogen functional groups attached to an aromatic ring is 1. The summed E-state index contributed by atoms with van der Waals surface area (Å²) in [5.74, 6) is 1.06. The van der Waals surface area contributed by atoms with Crippen LogP contribution in [0.2, 0.25) is 0 Å². The van der Waals surface area contributed by atoms with Crippen molar-refractivity contribution in [3.63, 3.8) is 0 Å². The van der Waals surface area contributed by atoms with E-state index in [1.807, 2.05) is 0 Å². The molecule has 0 aromatic carbocycles. The highest BCUT2D eigenvalue weighted by Gasteiger charge is 2.22. The Hall–Kier alpha value is -1.62. The summed E-state index contributed by atoms with van der Waals surface area (Å²) in [6.07, 6.45) is 4.44. The molecule has 108 valence electrons. The number of likely N-dealkylation sites (N-methyl/N-ethyl adjacent to an activating group) is 1. The van der Waals surface area contributed by atoms with Gasteiger partial charge < -0.3 is 15.5 Å². The molecular weight excluding hydrogens is 250 g/mol. The Bertz CT molecular complexity index is 525. The summed E-state index contributed by atoms with van der Waals surface area (Å²) in [5, 5.41) is 7.85. The zero-order valence-electron chi connectivity index (χ0n) is 12.2. The number of hydrogen-bond donors (Lipinski definition) is 2. The average Bonchev–Trinajstić information content (AvgIpc) is 2.77. The van der Waals surface area contributed by atoms with E-state index < -0.39 is 0 Å². The minimum atomic E-state index is 0.139. The van der Waals surface area contributed by atoms with E-state index in [0.717, 1.165) is 56.8 Å². The molecule has 2 aliphatic rings. The third kappa shape index (κ3) is 2.50. The average molecular weight is 273 g/mol. The maximum absolute atomic E-state index is 7.85. The van der Waals surface area contributed by atoms with E-state index in [1.54, 1.807) is 0 Å². The highest BCUT2D eigenvalue weighted by molar-refractivity contribution is 6.00. The molecular formula is C15H23N5. The number of pyridine rings is 1. The van der Waals surface area contributed by atoms with Crippen molar-refractivity contribution < 1.29 is 0 Å². The number of nitrogens with one attached hydrogen (secondary N) is 1. The maximum atomic E-state index is 7.85. The van der Waals surface area contributed by atoms with E-state index in [9.17, 15) is 0 Å². The minimum Gasteiger partial charge on any atom is -0.384 e. The summed E-state index contributed by atoms with van der Waals surface area (Å²) in [6, 6.07) is 2.10. The summed E-state index contributed by atoms with van der Waals surface area (Å²) >= 11 is 0. The van der Waals surface area contributed by atoms with Crippen LogP contribution in [0.5, 0.6) is 0 Å². The Morgan fingerprint density at radius 1 is 1.20 bits per heavy atom. The van der Waals surface area contributed by atoms with E-state index in [1.165, 1.54) is 17.7 Å². The van der Waals surface area contributed by atoms with Gasteiger partial charge in [-0.15, -0.1) is 0 Å². The molecule has 1 aromatic rings. The van der Waals surface area contributed by atoms with Crippen LogP contribution in [0, 0.1) is 5.41 Å². The lowest BCUT2D eigenvalue weighted by atomic mass is 10.1. The third-order valence-corrected chi connectivity index (χ3v) is 4.34. The first-order valence-electron chi connectivity index (χ1n) is 7.46. The monoisotopic (exact) mass is 273 g/mol. The molecule has 5 heteroatoms. The van der Waals surface area contributed by atoms with Crippen LogP contribution >= 0.6 is 0 Å². The van der Waals surface area contributed by atoms with E-state index in [0.29, 0.717) is 0 Å². The fourth-order valence-electron chi connectivity index (χ4n) is 3.16. The Kier molecular flexibility index (Phi) is 3.61. The van der Waals surface area contributed by atoms with Gasteiger partial charge in [0, 0.05) is 25.3 Å². The van der Waals surface area contributed by atoms with E-state index in [4.69, 9.17) is 16.1 Å². The molecule has 2 heterocycles. The molecule has 0 saturated carbocycles. The van der Waals surface area contributed by atoms with Crippen LogP contribution < -0.4 is 10.6 Å². The number of nitrogens with two attached hydrogens (primary N) is 1. The number of fused-ring (bicyclic) bond motifs is 1. The molecule has 1 fully saturated rings. The molecule has 1 saturated heterocycles. The van der Waals surface area contributed by atoms with Crippen LogP contribution in [0.3, 0.4) is 0 Å². The number of nitrogens with zero attached hydrogens (tertiary/aromatic N) is 3. The summed E-state index contributed by atoms with van der Waals surface area (Å²) in [6.45, 7) is 4.12. The first kappa shape index (κ1) is 13.4. The Labute approximate surface area is 120 Å². The molecule has 3 rings (SSSR count). The maximum Gasteiger partial charge on any atom is 0.139 e. The van der Waals surface area contributed by atoms with Gasteiger partial charge in [0.1, 0.15) is 11.7 Å². The Morgan fingerprint density at radius 2 is 2.05 bits per heavy atom. The lowest BCUT2D eigenvalue weighted by molar-refractivity contribution is 0.360. The smallest absolute Gasteiger partial charge is 0.139 e. The first-order valence-corrected chi connectivity index (χ1v) is 7.46. The van der Waals surface area contributed by atoms with Crippen LogP contribution in [0.1, 0.15) is 29.7 Å². The Morgan fingerprint density at radius 3 is 2.85 bits per heavy atom. The van der Waals surface area contributed by atoms with Crippen molar-refractivity contribution in [3.8, 4) is 0 Å². The van der Waals surface area contributed by atoms with E-state index >= 15 is 0 Å². The highest BCUT2D eigenvalue weighted by atomic mass is 15.2. The molecule has 1 aliphatic carbocycles. The predicted octanol–water partition coefficient (Wildman–Crippen LogP) is 0.996. The van der Waals surface area contributed by atoms with Crippen molar-refractivity contribution >= 4 is 11.7 Å².